The average Bonchev–Trinajstić information content (AvgIpc) is 2.84. The number of carbonyl (C=O) groups is 1. The number of rotatable bonds is 5. The maximum absolute atomic E-state index is 12.3. The second kappa shape index (κ2) is 6.91. The minimum Gasteiger partial charge on any atom is -0.371 e. The molecule has 1 aromatic carbocycles. The lowest BCUT2D eigenvalue weighted by atomic mass is 10.0. The first-order valence-corrected chi connectivity index (χ1v) is 7.90. The summed E-state index contributed by atoms with van der Waals surface area (Å²) in [6.07, 6.45) is 2.23. The Morgan fingerprint density at radius 3 is 2.62 bits per heavy atom. The molecular formula is C17H24ClNO2. The van der Waals surface area contributed by atoms with E-state index in [9.17, 15) is 4.79 Å². The van der Waals surface area contributed by atoms with Crippen molar-refractivity contribution in [1.29, 1.82) is 0 Å². The molecule has 4 heteroatoms. The van der Waals surface area contributed by atoms with E-state index in [1.54, 1.807) is 0 Å². The van der Waals surface area contributed by atoms with Crippen LogP contribution in [0.4, 0.5) is 0 Å². The summed E-state index contributed by atoms with van der Waals surface area (Å²) < 4.78 is 5.93. The molecule has 1 heterocycles. The molecule has 0 bridgehead atoms. The van der Waals surface area contributed by atoms with E-state index in [-0.39, 0.29) is 23.5 Å². The first-order valence-electron chi connectivity index (χ1n) is 7.52. The van der Waals surface area contributed by atoms with Gasteiger partial charge >= 0.3 is 0 Å². The van der Waals surface area contributed by atoms with E-state index < -0.39 is 0 Å². The number of aryl methyl sites for hydroxylation is 1. The quantitative estimate of drug-likeness (QED) is 0.906. The monoisotopic (exact) mass is 309 g/mol. The van der Waals surface area contributed by atoms with Crippen LogP contribution in [0.2, 0.25) is 5.02 Å². The highest BCUT2D eigenvalue weighted by atomic mass is 35.5. The number of hydrogen-bond donors (Lipinski definition) is 1. The van der Waals surface area contributed by atoms with Crippen molar-refractivity contribution in [2.45, 2.75) is 57.8 Å². The standard InChI is InChI=1S/C17H24ClNO2/c1-17(2,3)21-14-10-15(19-11-14)16(20)9-6-12-4-7-13(18)8-5-12/h4-5,7-8,14-15,19H,6,9-11H2,1-3H3/t14-,15+/m1/s1. The molecule has 1 aliphatic heterocycles. The zero-order valence-corrected chi connectivity index (χ0v) is 13.7. The highest BCUT2D eigenvalue weighted by molar-refractivity contribution is 6.30. The minimum absolute atomic E-state index is 0.0651. The average molecular weight is 310 g/mol. The Labute approximate surface area is 132 Å². The van der Waals surface area contributed by atoms with Crippen LogP contribution in [0.25, 0.3) is 0 Å². The molecule has 0 aromatic heterocycles. The van der Waals surface area contributed by atoms with Gasteiger partial charge in [0.05, 0.1) is 17.7 Å². The van der Waals surface area contributed by atoms with Crippen molar-refractivity contribution in [3.05, 3.63) is 34.9 Å². The summed E-state index contributed by atoms with van der Waals surface area (Å²) in [6.45, 7) is 6.89. The van der Waals surface area contributed by atoms with Gasteiger partial charge in [-0.15, -0.1) is 0 Å². The van der Waals surface area contributed by atoms with E-state index in [4.69, 9.17) is 16.3 Å². The fourth-order valence-corrected chi connectivity index (χ4v) is 2.76. The lowest BCUT2D eigenvalue weighted by Crippen LogP contribution is -2.30. The van der Waals surface area contributed by atoms with Gasteiger partial charge < -0.3 is 10.1 Å². The Bertz CT molecular complexity index is 479. The van der Waals surface area contributed by atoms with Crippen molar-refractivity contribution < 1.29 is 9.53 Å². The van der Waals surface area contributed by atoms with Crippen LogP contribution in [-0.2, 0) is 16.0 Å². The second-order valence-corrected chi connectivity index (χ2v) is 7.08. The normalized spacial score (nSPS) is 22.5. The van der Waals surface area contributed by atoms with Crippen molar-refractivity contribution in [1.82, 2.24) is 5.32 Å². The van der Waals surface area contributed by atoms with E-state index in [2.05, 4.69) is 5.32 Å². The number of carbonyl (C=O) groups excluding carboxylic acids is 1. The van der Waals surface area contributed by atoms with Crippen molar-refractivity contribution in [3.63, 3.8) is 0 Å². The van der Waals surface area contributed by atoms with Crippen molar-refractivity contribution in [3.8, 4) is 0 Å². The predicted molar refractivity (Wildman–Crippen MR) is 85.8 cm³/mol. The summed E-state index contributed by atoms with van der Waals surface area (Å²) >= 11 is 5.86. The van der Waals surface area contributed by atoms with E-state index in [1.807, 2.05) is 45.0 Å². The van der Waals surface area contributed by atoms with Gasteiger partial charge in [-0.25, -0.2) is 0 Å². The van der Waals surface area contributed by atoms with Crippen LogP contribution in [0.3, 0.4) is 0 Å². The van der Waals surface area contributed by atoms with Crippen LogP contribution in [0.1, 0.15) is 39.2 Å². The SMILES string of the molecule is CC(C)(C)O[C@H]1CN[C@H](C(=O)CCc2ccc(Cl)cc2)C1. The molecule has 2 atom stereocenters. The van der Waals surface area contributed by atoms with Gasteiger partial charge in [0.25, 0.3) is 0 Å². The zero-order chi connectivity index (χ0) is 15.5. The summed E-state index contributed by atoms with van der Waals surface area (Å²) in [5.41, 5.74) is 0.987. The Morgan fingerprint density at radius 2 is 2.00 bits per heavy atom. The van der Waals surface area contributed by atoms with Gasteiger partial charge in [-0.3, -0.25) is 4.79 Å². The molecule has 0 saturated carbocycles. The van der Waals surface area contributed by atoms with Gasteiger partial charge in [0.1, 0.15) is 5.78 Å². The van der Waals surface area contributed by atoms with Gasteiger partial charge in [0.2, 0.25) is 0 Å². The third-order valence-electron chi connectivity index (χ3n) is 3.57. The van der Waals surface area contributed by atoms with Gasteiger partial charge in [0.15, 0.2) is 0 Å². The number of hydrogen-bond acceptors (Lipinski definition) is 3. The molecule has 1 saturated heterocycles. The van der Waals surface area contributed by atoms with E-state index >= 15 is 0 Å². The van der Waals surface area contributed by atoms with Crippen molar-refractivity contribution in [2.75, 3.05) is 6.54 Å². The Kier molecular flexibility index (Phi) is 5.42. The third-order valence-corrected chi connectivity index (χ3v) is 3.82. The maximum Gasteiger partial charge on any atom is 0.150 e. The molecule has 2 rings (SSSR count). The molecule has 21 heavy (non-hydrogen) atoms. The lowest BCUT2D eigenvalue weighted by Gasteiger charge is -2.24. The number of benzene rings is 1. The Hall–Kier alpha value is -0.900. The summed E-state index contributed by atoms with van der Waals surface area (Å²) in [6, 6.07) is 7.61. The van der Waals surface area contributed by atoms with Crippen LogP contribution < -0.4 is 5.32 Å². The zero-order valence-electron chi connectivity index (χ0n) is 13.0. The number of halogens is 1. The van der Waals surface area contributed by atoms with Gasteiger partial charge in [0, 0.05) is 18.0 Å². The van der Waals surface area contributed by atoms with Crippen LogP contribution >= 0.6 is 11.6 Å². The molecule has 1 aromatic rings. The molecule has 1 aliphatic rings. The Balaban J connectivity index is 1.78. The molecule has 0 spiro atoms. The first kappa shape index (κ1) is 16.5. The topological polar surface area (TPSA) is 38.3 Å². The molecular weight excluding hydrogens is 286 g/mol. The van der Waals surface area contributed by atoms with E-state index in [1.165, 1.54) is 0 Å². The predicted octanol–water partition coefficient (Wildman–Crippen LogP) is 3.39. The number of nitrogens with one attached hydrogen (secondary N) is 1. The summed E-state index contributed by atoms with van der Waals surface area (Å²) in [5, 5.41) is 4.01. The van der Waals surface area contributed by atoms with Crippen molar-refractivity contribution >= 4 is 17.4 Å². The van der Waals surface area contributed by atoms with Crippen LogP contribution in [0.15, 0.2) is 24.3 Å². The molecule has 0 unspecified atom stereocenters. The smallest absolute Gasteiger partial charge is 0.150 e. The minimum atomic E-state index is -0.159. The summed E-state index contributed by atoms with van der Waals surface area (Å²) in [7, 11) is 0. The lowest BCUT2D eigenvalue weighted by molar-refractivity contribution is -0.121. The third kappa shape index (κ3) is 5.42. The maximum atomic E-state index is 12.3. The first-order chi connectivity index (χ1) is 9.83. The fourth-order valence-electron chi connectivity index (χ4n) is 2.63. The highest BCUT2D eigenvalue weighted by Crippen LogP contribution is 2.20. The molecule has 3 nitrogen and oxygen atoms in total. The second-order valence-electron chi connectivity index (χ2n) is 6.64. The fraction of sp³-hybridized carbons (Fsp3) is 0.588. The van der Waals surface area contributed by atoms with Crippen LogP contribution in [-0.4, -0.2) is 30.1 Å². The Morgan fingerprint density at radius 1 is 1.33 bits per heavy atom. The molecule has 116 valence electrons. The number of ketones is 1. The molecule has 0 amide bonds. The van der Waals surface area contributed by atoms with Gasteiger partial charge in [-0.05, 0) is 51.3 Å². The highest BCUT2D eigenvalue weighted by Gasteiger charge is 2.31. The van der Waals surface area contributed by atoms with Crippen LogP contribution in [0.5, 0.6) is 0 Å². The van der Waals surface area contributed by atoms with Crippen LogP contribution in [0, 0.1) is 0 Å². The molecule has 1 N–H and O–H groups in total. The van der Waals surface area contributed by atoms with Gasteiger partial charge in [-0.1, -0.05) is 23.7 Å². The molecule has 0 aliphatic carbocycles. The largest absolute Gasteiger partial charge is 0.371 e. The van der Waals surface area contributed by atoms with Crippen molar-refractivity contribution in [2.24, 2.45) is 0 Å². The molecule has 1 fully saturated rings. The van der Waals surface area contributed by atoms with E-state index in [0.717, 1.165) is 30.0 Å². The summed E-state index contributed by atoms with van der Waals surface area (Å²) in [5.74, 6) is 0.268. The molecule has 0 radical (unpaired) electrons. The number of ether oxygens (including phenoxy) is 1. The van der Waals surface area contributed by atoms with Gasteiger partial charge in [-0.2, -0.15) is 0 Å². The summed E-state index contributed by atoms with van der Waals surface area (Å²) in [4.78, 5) is 12.3. The van der Waals surface area contributed by atoms with E-state index in [0.29, 0.717) is 6.42 Å². The number of Topliss-reactive ketones (excluding diaryl/α,β-unsaturated/α-hetero) is 1.